The fourth-order valence-corrected chi connectivity index (χ4v) is 2.90. The summed E-state index contributed by atoms with van der Waals surface area (Å²) < 4.78 is 0. The minimum absolute atomic E-state index is 0. The SMILES string of the molecule is Br.CCCCCCCCCCCCCCCc1ccncc1. The van der Waals surface area contributed by atoms with Gasteiger partial charge < -0.3 is 0 Å². The monoisotopic (exact) mass is 369 g/mol. The fourth-order valence-electron chi connectivity index (χ4n) is 2.90. The van der Waals surface area contributed by atoms with Crippen molar-refractivity contribution in [2.75, 3.05) is 0 Å². The van der Waals surface area contributed by atoms with Crippen molar-refractivity contribution >= 4 is 17.0 Å². The summed E-state index contributed by atoms with van der Waals surface area (Å²) in [7, 11) is 0. The molecule has 0 aliphatic heterocycles. The van der Waals surface area contributed by atoms with Gasteiger partial charge >= 0.3 is 0 Å². The topological polar surface area (TPSA) is 12.9 Å². The summed E-state index contributed by atoms with van der Waals surface area (Å²) in [6, 6.07) is 4.28. The molecule has 1 heterocycles. The van der Waals surface area contributed by atoms with E-state index in [1.807, 2.05) is 12.4 Å². The molecule has 0 aromatic carbocycles. The van der Waals surface area contributed by atoms with Gasteiger partial charge in [0.1, 0.15) is 0 Å². The van der Waals surface area contributed by atoms with Crippen LogP contribution in [0.5, 0.6) is 0 Å². The van der Waals surface area contributed by atoms with E-state index in [-0.39, 0.29) is 17.0 Å². The number of rotatable bonds is 14. The summed E-state index contributed by atoms with van der Waals surface area (Å²) in [6.07, 6.45) is 23.6. The van der Waals surface area contributed by atoms with E-state index in [4.69, 9.17) is 0 Å². The molecule has 2 heteroatoms. The Hall–Kier alpha value is -0.370. The molecule has 1 aromatic heterocycles. The highest BCUT2D eigenvalue weighted by Gasteiger charge is 1.95. The average molecular weight is 370 g/mol. The highest BCUT2D eigenvalue weighted by molar-refractivity contribution is 8.93. The van der Waals surface area contributed by atoms with Crippen LogP contribution in [0.3, 0.4) is 0 Å². The van der Waals surface area contributed by atoms with Crippen LogP contribution in [0.1, 0.15) is 96.0 Å². The van der Waals surface area contributed by atoms with Crippen molar-refractivity contribution in [3.8, 4) is 0 Å². The van der Waals surface area contributed by atoms with Gasteiger partial charge in [0.15, 0.2) is 0 Å². The van der Waals surface area contributed by atoms with Gasteiger partial charge in [0.2, 0.25) is 0 Å². The third-order valence-electron chi connectivity index (χ3n) is 4.32. The number of aryl methyl sites for hydroxylation is 1. The lowest BCUT2D eigenvalue weighted by Gasteiger charge is -2.03. The molecule has 1 nitrogen and oxygen atoms in total. The van der Waals surface area contributed by atoms with Gasteiger partial charge in [-0.3, -0.25) is 4.98 Å². The molecule has 0 saturated heterocycles. The van der Waals surface area contributed by atoms with Crippen molar-refractivity contribution in [3.63, 3.8) is 0 Å². The Kier molecular flexibility index (Phi) is 16.7. The molecule has 0 aliphatic rings. The Morgan fingerprint density at radius 3 is 1.50 bits per heavy atom. The zero-order chi connectivity index (χ0) is 15.0. The van der Waals surface area contributed by atoms with E-state index in [0.717, 1.165) is 0 Å². The molecule has 0 radical (unpaired) electrons. The van der Waals surface area contributed by atoms with Crippen LogP contribution < -0.4 is 0 Å². The lowest BCUT2D eigenvalue weighted by atomic mass is 10.0. The number of hydrogen-bond donors (Lipinski definition) is 0. The van der Waals surface area contributed by atoms with Crippen LogP contribution in [0.25, 0.3) is 0 Å². The molecule has 0 spiro atoms. The van der Waals surface area contributed by atoms with Crippen LogP contribution >= 0.6 is 17.0 Å². The molecular formula is C20H36BrN. The fraction of sp³-hybridized carbons (Fsp3) is 0.750. The predicted octanol–water partition coefficient (Wildman–Crippen LogP) is 7.29. The first-order valence-electron chi connectivity index (χ1n) is 9.32. The van der Waals surface area contributed by atoms with Gasteiger partial charge in [-0.15, -0.1) is 17.0 Å². The number of aromatic nitrogens is 1. The van der Waals surface area contributed by atoms with Crippen molar-refractivity contribution < 1.29 is 0 Å². The van der Waals surface area contributed by atoms with Crippen molar-refractivity contribution in [1.29, 1.82) is 0 Å². The second kappa shape index (κ2) is 17.0. The van der Waals surface area contributed by atoms with Gasteiger partial charge in [-0.25, -0.2) is 0 Å². The second-order valence-corrected chi connectivity index (χ2v) is 6.35. The number of unbranched alkanes of at least 4 members (excludes halogenated alkanes) is 12. The molecule has 0 N–H and O–H groups in total. The zero-order valence-electron chi connectivity index (χ0n) is 14.6. The van der Waals surface area contributed by atoms with Crippen molar-refractivity contribution in [1.82, 2.24) is 4.98 Å². The highest BCUT2D eigenvalue weighted by Crippen LogP contribution is 2.13. The van der Waals surface area contributed by atoms with Gasteiger partial charge in [0.25, 0.3) is 0 Å². The number of nitrogens with zero attached hydrogens (tertiary/aromatic N) is 1. The minimum Gasteiger partial charge on any atom is -0.265 e. The maximum absolute atomic E-state index is 4.06. The summed E-state index contributed by atoms with van der Waals surface area (Å²) in [5.41, 5.74) is 1.44. The molecule has 0 fully saturated rings. The molecule has 128 valence electrons. The molecule has 0 unspecified atom stereocenters. The average Bonchev–Trinajstić information content (AvgIpc) is 2.53. The third kappa shape index (κ3) is 13.3. The molecule has 22 heavy (non-hydrogen) atoms. The van der Waals surface area contributed by atoms with E-state index in [9.17, 15) is 0 Å². The minimum atomic E-state index is 0. The Morgan fingerprint density at radius 2 is 1.05 bits per heavy atom. The lowest BCUT2D eigenvalue weighted by molar-refractivity contribution is 0.539. The molecule has 0 amide bonds. The maximum Gasteiger partial charge on any atom is 0.0270 e. The van der Waals surface area contributed by atoms with Gasteiger partial charge in [0, 0.05) is 12.4 Å². The number of hydrogen-bond acceptors (Lipinski definition) is 1. The molecule has 1 aromatic rings. The van der Waals surface area contributed by atoms with Gasteiger partial charge in [0.05, 0.1) is 0 Å². The predicted molar refractivity (Wildman–Crippen MR) is 104 cm³/mol. The van der Waals surface area contributed by atoms with Crippen LogP contribution in [0.2, 0.25) is 0 Å². The maximum atomic E-state index is 4.06. The Bertz CT molecular complexity index is 313. The summed E-state index contributed by atoms with van der Waals surface area (Å²) >= 11 is 0. The standard InChI is InChI=1S/C20H35N.BrH/c1-2-3-4-5-6-7-8-9-10-11-12-13-14-15-20-16-18-21-19-17-20;/h16-19H,2-15H2,1H3;1H. The van der Waals surface area contributed by atoms with E-state index in [0.29, 0.717) is 0 Å². The Morgan fingerprint density at radius 1 is 0.636 bits per heavy atom. The quantitative estimate of drug-likeness (QED) is 0.313. The zero-order valence-corrected chi connectivity index (χ0v) is 16.3. The second-order valence-electron chi connectivity index (χ2n) is 6.35. The first kappa shape index (κ1) is 21.6. The molecule has 0 bridgehead atoms. The van der Waals surface area contributed by atoms with E-state index in [1.165, 1.54) is 95.5 Å². The molecule has 0 aliphatic carbocycles. The van der Waals surface area contributed by atoms with Crippen molar-refractivity contribution in [2.24, 2.45) is 0 Å². The molecule has 0 atom stereocenters. The van der Waals surface area contributed by atoms with Gasteiger partial charge in [-0.1, -0.05) is 84.0 Å². The lowest BCUT2D eigenvalue weighted by Crippen LogP contribution is -1.87. The number of halogens is 1. The van der Waals surface area contributed by atoms with Crippen molar-refractivity contribution in [3.05, 3.63) is 30.1 Å². The summed E-state index contributed by atoms with van der Waals surface area (Å²) in [5.74, 6) is 0. The Balaban J connectivity index is 0.00000441. The van der Waals surface area contributed by atoms with E-state index < -0.39 is 0 Å². The number of pyridine rings is 1. The third-order valence-corrected chi connectivity index (χ3v) is 4.32. The normalized spacial score (nSPS) is 10.4. The Labute approximate surface area is 149 Å². The largest absolute Gasteiger partial charge is 0.265 e. The van der Waals surface area contributed by atoms with E-state index >= 15 is 0 Å². The van der Waals surface area contributed by atoms with Crippen LogP contribution in [-0.2, 0) is 6.42 Å². The van der Waals surface area contributed by atoms with E-state index in [2.05, 4.69) is 24.0 Å². The van der Waals surface area contributed by atoms with Crippen LogP contribution in [-0.4, -0.2) is 4.98 Å². The van der Waals surface area contributed by atoms with Crippen LogP contribution in [0.15, 0.2) is 24.5 Å². The summed E-state index contributed by atoms with van der Waals surface area (Å²) in [6.45, 7) is 2.29. The molecular weight excluding hydrogens is 334 g/mol. The van der Waals surface area contributed by atoms with Crippen LogP contribution in [0.4, 0.5) is 0 Å². The molecule has 1 rings (SSSR count). The first-order chi connectivity index (χ1) is 10.4. The van der Waals surface area contributed by atoms with Crippen LogP contribution in [0, 0.1) is 0 Å². The van der Waals surface area contributed by atoms with E-state index in [1.54, 1.807) is 0 Å². The van der Waals surface area contributed by atoms with Crippen molar-refractivity contribution in [2.45, 2.75) is 96.8 Å². The smallest absolute Gasteiger partial charge is 0.0270 e. The summed E-state index contributed by atoms with van der Waals surface area (Å²) in [4.78, 5) is 4.06. The van der Waals surface area contributed by atoms with Gasteiger partial charge in [-0.2, -0.15) is 0 Å². The first-order valence-corrected chi connectivity index (χ1v) is 9.32. The summed E-state index contributed by atoms with van der Waals surface area (Å²) in [5, 5.41) is 0. The van der Waals surface area contributed by atoms with Gasteiger partial charge in [-0.05, 0) is 30.5 Å². The highest BCUT2D eigenvalue weighted by atomic mass is 79.9. The molecule has 0 saturated carbocycles.